The zero-order chi connectivity index (χ0) is 15.1. The van der Waals surface area contributed by atoms with Crippen molar-refractivity contribution >= 4 is 11.6 Å². The summed E-state index contributed by atoms with van der Waals surface area (Å²) in [4.78, 5) is 35.4. The third kappa shape index (κ3) is 4.14. The number of amides is 1. The number of nitrogens with zero attached hydrogens (tertiary/aromatic N) is 1. The average Bonchev–Trinajstić information content (AvgIpc) is 2.39. The van der Waals surface area contributed by atoms with Crippen molar-refractivity contribution in [2.75, 3.05) is 20.3 Å². The maximum Gasteiger partial charge on any atom is 0.286 e. The molecule has 1 atom stereocenters. The number of aromatic nitrogens is 1. The normalized spacial score (nSPS) is 11.9. The van der Waals surface area contributed by atoms with Gasteiger partial charge in [-0.15, -0.1) is 0 Å². The minimum Gasteiger partial charge on any atom is -0.396 e. The van der Waals surface area contributed by atoms with E-state index in [1.54, 1.807) is 0 Å². The SMILES string of the molecule is COCC(CCO)NC(=O)c1cc([N+](=O)[O-])c[nH]c1=O. The second kappa shape index (κ2) is 7.36. The van der Waals surface area contributed by atoms with E-state index >= 15 is 0 Å². The first-order chi connectivity index (χ1) is 9.49. The maximum atomic E-state index is 11.9. The fraction of sp³-hybridized carbons (Fsp3) is 0.455. The Morgan fingerprint density at radius 1 is 1.65 bits per heavy atom. The Labute approximate surface area is 113 Å². The van der Waals surface area contributed by atoms with Crippen LogP contribution in [0.4, 0.5) is 5.69 Å². The molecule has 0 saturated heterocycles. The Hall–Kier alpha value is -2.26. The predicted octanol–water partition coefficient (Wildman–Crippen LogP) is -0.590. The van der Waals surface area contributed by atoms with Crippen LogP contribution in [0, 0.1) is 10.1 Å². The van der Waals surface area contributed by atoms with E-state index in [1.807, 2.05) is 0 Å². The molecule has 20 heavy (non-hydrogen) atoms. The first kappa shape index (κ1) is 15.8. The molecule has 1 amide bonds. The number of aliphatic hydroxyl groups is 1. The average molecular weight is 285 g/mol. The van der Waals surface area contributed by atoms with Gasteiger partial charge in [0, 0.05) is 19.8 Å². The molecule has 9 nitrogen and oxygen atoms in total. The second-order valence-corrected chi connectivity index (χ2v) is 4.00. The summed E-state index contributed by atoms with van der Waals surface area (Å²) in [5, 5.41) is 21.9. The number of ether oxygens (including phenoxy) is 1. The predicted molar refractivity (Wildman–Crippen MR) is 68.6 cm³/mol. The number of hydrogen-bond acceptors (Lipinski definition) is 6. The lowest BCUT2D eigenvalue weighted by Crippen LogP contribution is -2.40. The largest absolute Gasteiger partial charge is 0.396 e. The summed E-state index contributed by atoms with van der Waals surface area (Å²) < 4.78 is 4.87. The van der Waals surface area contributed by atoms with Crippen molar-refractivity contribution in [3.63, 3.8) is 0 Å². The van der Waals surface area contributed by atoms with Crippen LogP contribution in [0.5, 0.6) is 0 Å². The topological polar surface area (TPSA) is 135 Å². The summed E-state index contributed by atoms with van der Waals surface area (Å²) in [5.74, 6) is -0.759. The van der Waals surface area contributed by atoms with E-state index in [0.717, 1.165) is 12.3 Å². The number of hydrogen-bond donors (Lipinski definition) is 3. The first-order valence-electron chi connectivity index (χ1n) is 5.77. The number of nitrogens with one attached hydrogen (secondary N) is 2. The number of aliphatic hydroxyl groups excluding tert-OH is 1. The van der Waals surface area contributed by atoms with Crippen LogP contribution >= 0.6 is 0 Å². The second-order valence-electron chi connectivity index (χ2n) is 4.00. The van der Waals surface area contributed by atoms with Crippen LogP contribution in [-0.4, -0.2) is 47.3 Å². The van der Waals surface area contributed by atoms with Crippen molar-refractivity contribution in [1.82, 2.24) is 10.3 Å². The van der Waals surface area contributed by atoms with Gasteiger partial charge in [-0.25, -0.2) is 0 Å². The van der Waals surface area contributed by atoms with E-state index in [2.05, 4.69) is 10.3 Å². The van der Waals surface area contributed by atoms with Gasteiger partial charge in [-0.3, -0.25) is 19.7 Å². The minimum absolute atomic E-state index is 0.152. The van der Waals surface area contributed by atoms with Gasteiger partial charge >= 0.3 is 0 Å². The molecule has 0 bridgehead atoms. The highest BCUT2D eigenvalue weighted by Gasteiger charge is 2.19. The Morgan fingerprint density at radius 3 is 2.90 bits per heavy atom. The van der Waals surface area contributed by atoms with Crippen LogP contribution in [0.2, 0.25) is 0 Å². The molecular formula is C11H15N3O6. The number of nitro groups is 1. The molecule has 0 aliphatic heterocycles. The maximum absolute atomic E-state index is 11.9. The molecular weight excluding hydrogens is 270 g/mol. The molecule has 1 rings (SSSR count). The molecule has 0 radical (unpaired) electrons. The highest BCUT2D eigenvalue weighted by Crippen LogP contribution is 2.08. The Kier molecular flexibility index (Phi) is 5.81. The summed E-state index contributed by atoms with van der Waals surface area (Å²) in [6.45, 7) is -0.0151. The van der Waals surface area contributed by atoms with Crippen molar-refractivity contribution in [1.29, 1.82) is 0 Å². The molecule has 0 aliphatic carbocycles. The van der Waals surface area contributed by atoms with Gasteiger partial charge in [0.1, 0.15) is 5.56 Å². The molecule has 0 saturated carbocycles. The van der Waals surface area contributed by atoms with Crippen molar-refractivity contribution in [3.8, 4) is 0 Å². The van der Waals surface area contributed by atoms with E-state index in [-0.39, 0.29) is 30.9 Å². The molecule has 1 aromatic heterocycles. The lowest BCUT2D eigenvalue weighted by Gasteiger charge is -2.16. The van der Waals surface area contributed by atoms with E-state index in [9.17, 15) is 19.7 Å². The number of aromatic amines is 1. The van der Waals surface area contributed by atoms with Crippen LogP contribution in [0.25, 0.3) is 0 Å². The van der Waals surface area contributed by atoms with Gasteiger partial charge in [-0.1, -0.05) is 0 Å². The van der Waals surface area contributed by atoms with Crippen molar-refractivity contribution < 1.29 is 19.6 Å². The molecule has 1 heterocycles. The summed E-state index contributed by atoms with van der Waals surface area (Å²) in [5.41, 5.74) is -1.48. The fourth-order valence-electron chi connectivity index (χ4n) is 1.56. The van der Waals surface area contributed by atoms with Gasteiger partial charge in [0.05, 0.1) is 23.8 Å². The van der Waals surface area contributed by atoms with Gasteiger partial charge in [-0.05, 0) is 6.42 Å². The Bertz CT molecular complexity index is 535. The van der Waals surface area contributed by atoms with Crippen molar-refractivity contribution in [2.45, 2.75) is 12.5 Å². The monoisotopic (exact) mass is 285 g/mol. The van der Waals surface area contributed by atoms with Gasteiger partial charge in [0.2, 0.25) is 0 Å². The summed E-state index contributed by atoms with van der Waals surface area (Å²) in [6, 6.07) is 0.410. The molecule has 1 aromatic rings. The van der Waals surface area contributed by atoms with E-state index in [4.69, 9.17) is 9.84 Å². The Morgan fingerprint density at radius 2 is 2.35 bits per heavy atom. The van der Waals surface area contributed by atoms with Gasteiger partial charge in [0.25, 0.3) is 17.2 Å². The molecule has 0 spiro atoms. The number of methoxy groups -OCH3 is 1. The molecule has 0 aromatic carbocycles. The van der Waals surface area contributed by atoms with Crippen molar-refractivity contribution in [3.05, 3.63) is 38.3 Å². The molecule has 9 heteroatoms. The first-order valence-corrected chi connectivity index (χ1v) is 5.77. The Balaban J connectivity index is 2.93. The summed E-state index contributed by atoms with van der Waals surface area (Å²) >= 11 is 0. The number of H-pyrrole nitrogens is 1. The minimum atomic E-state index is -0.759. The molecule has 0 fully saturated rings. The standard InChI is InChI=1S/C11H15N3O6/c1-20-6-7(2-3-15)13-11(17)9-4-8(14(18)19)5-12-10(9)16/h4-5,7,15H,2-3,6H2,1H3,(H,12,16)(H,13,17). The highest BCUT2D eigenvalue weighted by atomic mass is 16.6. The zero-order valence-electron chi connectivity index (χ0n) is 10.8. The number of carbonyl (C=O) groups excluding carboxylic acids is 1. The zero-order valence-corrected chi connectivity index (χ0v) is 10.8. The summed E-state index contributed by atoms with van der Waals surface area (Å²) in [7, 11) is 1.43. The quantitative estimate of drug-likeness (QED) is 0.452. The van der Waals surface area contributed by atoms with Crippen LogP contribution in [0.1, 0.15) is 16.8 Å². The molecule has 1 unspecified atom stereocenters. The van der Waals surface area contributed by atoms with Gasteiger partial charge < -0.3 is 20.1 Å². The van der Waals surface area contributed by atoms with Crippen LogP contribution in [-0.2, 0) is 4.74 Å². The summed E-state index contributed by atoms with van der Waals surface area (Å²) in [6.07, 6.45) is 1.16. The van der Waals surface area contributed by atoms with Gasteiger partial charge in [-0.2, -0.15) is 0 Å². The third-order valence-electron chi connectivity index (χ3n) is 2.52. The van der Waals surface area contributed by atoms with E-state index in [1.165, 1.54) is 7.11 Å². The highest BCUT2D eigenvalue weighted by molar-refractivity contribution is 5.94. The molecule has 110 valence electrons. The van der Waals surface area contributed by atoms with E-state index in [0.29, 0.717) is 0 Å². The fourth-order valence-corrected chi connectivity index (χ4v) is 1.56. The number of rotatable bonds is 7. The van der Waals surface area contributed by atoms with Crippen LogP contribution in [0.15, 0.2) is 17.1 Å². The third-order valence-corrected chi connectivity index (χ3v) is 2.52. The number of carbonyl (C=O) groups is 1. The van der Waals surface area contributed by atoms with Crippen LogP contribution < -0.4 is 10.9 Å². The lowest BCUT2D eigenvalue weighted by molar-refractivity contribution is -0.385. The van der Waals surface area contributed by atoms with Crippen LogP contribution in [0.3, 0.4) is 0 Å². The molecule has 3 N–H and O–H groups in total. The smallest absolute Gasteiger partial charge is 0.286 e. The number of pyridine rings is 1. The van der Waals surface area contributed by atoms with E-state index < -0.39 is 22.4 Å². The van der Waals surface area contributed by atoms with Gasteiger partial charge in [0.15, 0.2) is 0 Å². The molecule has 0 aliphatic rings. The lowest BCUT2D eigenvalue weighted by atomic mass is 10.2. The van der Waals surface area contributed by atoms with Crippen molar-refractivity contribution in [2.24, 2.45) is 0 Å².